The van der Waals surface area contributed by atoms with Crippen LogP contribution in [0.3, 0.4) is 0 Å². The number of hydrogen-bond donors (Lipinski definition) is 1. The molecular weight excluding hydrogens is 338 g/mol. The SMILES string of the molecule is CC(C)C(=O)Nc1ccc2c(=O)cc(-c3ccc(C(C)(C)C)cc3)oc2c1. The van der Waals surface area contributed by atoms with Gasteiger partial charge in [0.2, 0.25) is 5.91 Å². The predicted molar refractivity (Wildman–Crippen MR) is 110 cm³/mol. The van der Waals surface area contributed by atoms with Gasteiger partial charge in [0.15, 0.2) is 5.43 Å². The lowest BCUT2D eigenvalue weighted by Gasteiger charge is -2.19. The lowest BCUT2D eigenvalue weighted by Crippen LogP contribution is -2.17. The molecule has 0 saturated heterocycles. The van der Waals surface area contributed by atoms with E-state index in [1.54, 1.807) is 18.2 Å². The molecule has 0 saturated carbocycles. The standard InChI is InChI=1S/C23H25NO3/c1-14(2)22(26)24-17-10-11-18-19(25)13-20(27-21(18)12-17)15-6-8-16(9-7-15)23(3,4)5/h6-14H,1-5H3,(H,24,26). The molecule has 1 amide bonds. The van der Waals surface area contributed by atoms with Crippen LogP contribution in [0.2, 0.25) is 0 Å². The molecule has 3 aromatic rings. The molecule has 2 aromatic carbocycles. The fourth-order valence-corrected chi connectivity index (χ4v) is 2.80. The lowest BCUT2D eigenvalue weighted by atomic mass is 9.86. The topological polar surface area (TPSA) is 59.3 Å². The predicted octanol–water partition coefficient (Wildman–Crippen LogP) is 5.35. The molecule has 0 atom stereocenters. The lowest BCUT2D eigenvalue weighted by molar-refractivity contribution is -0.118. The number of hydrogen-bond acceptors (Lipinski definition) is 3. The van der Waals surface area contributed by atoms with Gasteiger partial charge in [-0.3, -0.25) is 9.59 Å². The van der Waals surface area contributed by atoms with E-state index in [9.17, 15) is 9.59 Å². The summed E-state index contributed by atoms with van der Waals surface area (Å²) in [4.78, 5) is 24.4. The summed E-state index contributed by atoms with van der Waals surface area (Å²) in [6.45, 7) is 10.1. The summed E-state index contributed by atoms with van der Waals surface area (Å²) in [5, 5.41) is 3.33. The highest BCUT2D eigenvalue weighted by Gasteiger charge is 2.14. The zero-order valence-corrected chi connectivity index (χ0v) is 16.4. The molecule has 0 fully saturated rings. The van der Waals surface area contributed by atoms with Crippen molar-refractivity contribution in [3.05, 3.63) is 64.3 Å². The number of rotatable bonds is 3. The molecule has 0 aliphatic rings. The van der Waals surface area contributed by atoms with Gasteiger partial charge in [-0.05, 0) is 23.1 Å². The van der Waals surface area contributed by atoms with Gasteiger partial charge in [-0.15, -0.1) is 0 Å². The fraction of sp³-hybridized carbons (Fsp3) is 0.304. The Morgan fingerprint density at radius 2 is 1.67 bits per heavy atom. The first-order chi connectivity index (χ1) is 12.6. The second-order valence-electron chi connectivity index (χ2n) is 8.16. The molecule has 0 spiro atoms. The van der Waals surface area contributed by atoms with E-state index >= 15 is 0 Å². The number of anilines is 1. The van der Waals surface area contributed by atoms with Crippen LogP contribution in [0.1, 0.15) is 40.2 Å². The van der Waals surface area contributed by atoms with Crippen molar-refractivity contribution in [2.75, 3.05) is 5.32 Å². The molecule has 27 heavy (non-hydrogen) atoms. The Bertz CT molecular complexity index is 1040. The zero-order chi connectivity index (χ0) is 19.8. The monoisotopic (exact) mass is 363 g/mol. The molecule has 0 unspecified atom stereocenters. The van der Waals surface area contributed by atoms with Gasteiger partial charge in [0.25, 0.3) is 0 Å². The van der Waals surface area contributed by atoms with Gasteiger partial charge >= 0.3 is 0 Å². The molecule has 4 nitrogen and oxygen atoms in total. The van der Waals surface area contributed by atoms with Gasteiger partial charge in [-0.2, -0.15) is 0 Å². The van der Waals surface area contributed by atoms with Crippen molar-refractivity contribution in [3.8, 4) is 11.3 Å². The number of fused-ring (bicyclic) bond motifs is 1. The molecule has 0 aliphatic heterocycles. The third-order valence-corrected chi connectivity index (χ3v) is 4.56. The van der Waals surface area contributed by atoms with Crippen LogP contribution in [0.4, 0.5) is 5.69 Å². The quantitative estimate of drug-likeness (QED) is 0.682. The first-order valence-electron chi connectivity index (χ1n) is 9.15. The summed E-state index contributed by atoms with van der Waals surface area (Å²) in [7, 11) is 0. The number of carbonyl (C=O) groups is 1. The van der Waals surface area contributed by atoms with Crippen LogP contribution in [0.15, 0.2) is 57.7 Å². The van der Waals surface area contributed by atoms with Crippen molar-refractivity contribution in [3.63, 3.8) is 0 Å². The van der Waals surface area contributed by atoms with Crippen molar-refractivity contribution >= 4 is 22.6 Å². The molecule has 1 aromatic heterocycles. The van der Waals surface area contributed by atoms with E-state index in [4.69, 9.17) is 4.42 Å². The third kappa shape index (κ3) is 4.11. The summed E-state index contributed by atoms with van der Waals surface area (Å²) < 4.78 is 5.99. The van der Waals surface area contributed by atoms with E-state index in [0.29, 0.717) is 22.4 Å². The Kier molecular flexibility index (Phi) is 4.92. The van der Waals surface area contributed by atoms with E-state index < -0.39 is 0 Å². The Balaban J connectivity index is 2.02. The molecule has 4 heteroatoms. The van der Waals surface area contributed by atoms with Gasteiger partial charge in [-0.25, -0.2) is 0 Å². The van der Waals surface area contributed by atoms with Gasteiger partial charge in [-0.1, -0.05) is 58.9 Å². The van der Waals surface area contributed by atoms with E-state index in [1.807, 2.05) is 26.0 Å². The average molecular weight is 363 g/mol. The van der Waals surface area contributed by atoms with Crippen LogP contribution in [0.5, 0.6) is 0 Å². The van der Waals surface area contributed by atoms with Crippen LogP contribution in [-0.2, 0) is 10.2 Å². The normalized spacial score (nSPS) is 11.8. The van der Waals surface area contributed by atoms with E-state index in [1.165, 1.54) is 11.6 Å². The molecule has 1 heterocycles. The summed E-state index contributed by atoms with van der Waals surface area (Å²) in [5.41, 5.74) is 3.09. The molecule has 0 bridgehead atoms. The van der Waals surface area contributed by atoms with Gasteiger partial charge in [0.05, 0.1) is 5.39 Å². The molecule has 0 aliphatic carbocycles. The highest BCUT2D eigenvalue weighted by molar-refractivity contribution is 5.94. The highest BCUT2D eigenvalue weighted by atomic mass is 16.3. The molecule has 1 N–H and O–H groups in total. The minimum absolute atomic E-state index is 0.0618. The van der Waals surface area contributed by atoms with Crippen LogP contribution in [0.25, 0.3) is 22.3 Å². The molecule has 140 valence electrons. The second-order valence-corrected chi connectivity index (χ2v) is 8.16. The number of benzene rings is 2. The van der Waals surface area contributed by atoms with Crippen LogP contribution < -0.4 is 10.7 Å². The van der Waals surface area contributed by atoms with Crippen LogP contribution >= 0.6 is 0 Å². The number of carbonyl (C=O) groups excluding carboxylic acids is 1. The largest absolute Gasteiger partial charge is 0.456 e. The van der Waals surface area contributed by atoms with Crippen LogP contribution in [-0.4, -0.2) is 5.91 Å². The minimum Gasteiger partial charge on any atom is -0.456 e. The summed E-state index contributed by atoms with van der Waals surface area (Å²) in [5.74, 6) is 0.311. The molecule has 0 radical (unpaired) electrons. The first-order valence-corrected chi connectivity index (χ1v) is 9.15. The smallest absolute Gasteiger partial charge is 0.226 e. The molecular formula is C23H25NO3. The van der Waals surface area contributed by atoms with Gasteiger partial charge < -0.3 is 9.73 Å². The van der Waals surface area contributed by atoms with Crippen molar-refractivity contribution in [1.82, 2.24) is 0 Å². The van der Waals surface area contributed by atoms with Crippen LogP contribution in [0, 0.1) is 5.92 Å². The summed E-state index contributed by atoms with van der Waals surface area (Å²) >= 11 is 0. The Hall–Kier alpha value is -2.88. The highest BCUT2D eigenvalue weighted by Crippen LogP contribution is 2.28. The minimum atomic E-state index is -0.125. The van der Waals surface area contributed by atoms with Crippen molar-refractivity contribution < 1.29 is 9.21 Å². The Morgan fingerprint density at radius 1 is 1.00 bits per heavy atom. The number of nitrogens with one attached hydrogen (secondary N) is 1. The third-order valence-electron chi connectivity index (χ3n) is 4.56. The average Bonchev–Trinajstić information content (AvgIpc) is 2.60. The van der Waals surface area contributed by atoms with Crippen molar-refractivity contribution in [2.45, 2.75) is 40.0 Å². The fourth-order valence-electron chi connectivity index (χ4n) is 2.80. The molecule has 3 rings (SSSR count). The Labute approximate surface area is 159 Å². The summed E-state index contributed by atoms with van der Waals surface area (Å²) in [6, 6.07) is 14.7. The zero-order valence-electron chi connectivity index (χ0n) is 16.4. The van der Waals surface area contributed by atoms with E-state index in [0.717, 1.165) is 5.56 Å². The van der Waals surface area contributed by atoms with Crippen molar-refractivity contribution in [2.24, 2.45) is 5.92 Å². The van der Waals surface area contributed by atoms with E-state index in [2.05, 4.69) is 38.2 Å². The maximum atomic E-state index is 12.5. The second kappa shape index (κ2) is 7.03. The maximum Gasteiger partial charge on any atom is 0.226 e. The van der Waals surface area contributed by atoms with Gasteiger partial charge in [0.1, 0.15) is 11.3 Å². The van der Waals surface area contributed by atoms with Crippen molar-refractivity contribution in [1.29, 1.82) is 0 Å². The first kappa shape index (κ1) is 18.9. The van der Waals surface area contributed by atoms with Gasteiger partial charge in [0, 0.05) is 29.3 Å². The summed E-state index contributed by atoms with van der Waals surface area (Å²) in [6.07, 6.45) is 0. The Morgan fingerprint density at radius 3 is 2.26 bits per heavy atom. The maximum absolute atomic E-state index is 12.5. The number of amides is 1. The van der Waals surface area contributed by atoms with E-state index in [-0.39, 0.29) is 22.7 Å².